The highest BCUT2D eigenvalue weighted by molar-refractivity contribution is 6.02. The number of rotatable bonds is 2. The fraction of sp³-hybridized carbons (Fsp3) is 0.278. The Kier molecular flexibility index (Phi) is 4.37. The molecular formula is C18H17F3N2. The van der Waals surface area contributed by atoms with Gasteiger partial charge < -0.3 is 0 Å². The fourth-order valence-electron chi connectivity index (χ4n) is 2.78. The van der Waals surface area contributed by atoms with Gasteiger partial charge in [0.15, 0.2) is 0 Å². The molecule has 0 bridgehead atoms. The number of benzene rings is 2. The maximum Gasteiger partial charge on any atom is 0.416 e. The summed E-state index contributed by atoms with van der Waals surface area (Å²) >= 11 is 0. The van der Waals surface area contributed by atoms with Gasteiger partial charge in [-0.1, -0.05) is 30.3 Å². The first kappa shape index (κ1) is 15.6. The summed E-state index contributed by atoms with van der Waals surface area (Å²) in [6, 6.07) is 13.2. The van der Waals surface area contributed by atoms with Gasteiger partial charge in [0.2, 0.25) is 0 Å². The van der Waals surface area contributed by atoms with Crippen molar-refractivity contribution in [3.63, 3.8) is 0 Å². The summed E-state index contributed by atoms with van der Waals surface area (Å²) in [4.78, 5) is 0. The molecule has 0 saturated carbocycles. The molecular weight excluding hydrogens is 301 g/mol. The summed E-state index contributed by atoms with van der Waals surface area (Å²) in [5.41, 5.74) is 5.68. The van der Waals surface area contributed by atoms with E-state index in [4.69, 9.17) is 0 Å². The highest BCUT2D eigenvalue weighted by atomic mass is 19.4. The predicted molar refractivity (Wildman–Crippen MR) is 85.6 cm³/mol. The summed E-state index contributed by atoms with van der Waals surface area (Å²) in [7, 11) is 0. The van der Waals surface area contributed by atoms with Crippen LogP contribution in [0.4, 0.5) is 18.9 Å². The van der Waals surface area contributed by atoms with Crippen LogP contribution in [-0.4, -0.2) is 5.71 Å². The monoisotopic (exact) mass is 318 g/mol. The SMILES string of the molecule is FC(F)(F)c1cccc(N/N=C2/CCCCc3ccccc32)c1. The van der Waals surface area contributed by atoms with Gasteiger partial charge in [-0.05, 0) is 49.4 Å². The van der Waals surface area contributed by atoms with Gasteiger partial charge in [-0.25, -0.2) is 0 Å². The van der Waals surface area contributed by atoms with E-state index in [1.54, 1.807) is 6.07 Å². The molecule has 1 aliphatic rings. The van der Waals surface area contributed by atoms with Gasteiger partial charge in [-0.15, -0.1) is 0 Å². The minimum absolute atomic E-state index is 0.342. The fourth-order valence-corrected chi connectivity index (χ4v) is 2.78. The van der Waals surface area contributed by atoms with Crippen molar-refractivity contribution in [1.29, 1.82) is 0 Å². The molecule has 0 unspecified atom stereocenters. The molecule has 0 radical (unpaired) electrons. The second-order valence-electron chi connectivity index (χ2n) is 5.61. The van der Waals surface area contributed by atoms with Crippen molar-refractivity contribution in [3.8, 4) is 0 Å². The van der Waals surface area contributed by atoms with Gasteiger partial charge in [-0.2, -0.15) is 18.3 Å². The van der Waals surface area contributed by atoms with Crippen LogP contribution >= 0.6 is 0 Å². The summed E-state index contributed by atoms with van der Waals surface area (Å²) in [6.07, 6.45) is -0.390. The summed E-state index contributed by atoms with van der Waals surface area (Å²) in [6.45, 7) is 0. The van der Waals surface area contributed by atoms with E-state index in [0.717, 1.165) is 49.1 Å². The molecule has 5 heteroatoms. The second-order valence-corrected chi connectivity index (χ2v) is 5.61. The number of hydrogen-bond donors (Lipinski definition) is 1. The third-order valence-corrected chi connectivity index (χ3v) is 3.95. The van der Waals surface area contributed by atoms with Crippen LogP contribution in [-0.2, 0) is 12.6 Å². The normalized spacial score (nSPS) is 16.7. The maximum atomic E-state index is 12.8. The van der Waals surface area contributed by atoms with Crippen molar-refractivity contribution < 1.29 is 13.2 Å². The topological polar surface area (TPSA) is 24.4 Å². The van der Waals surface area contributed by atoms with E-state index in [1.165, 1.54) is 11.6 Å². The van der Waals surface area contributed by atoms with E-state index in [-0.39, 0.29) is 0 Å². The van der Waals surface area contributed by atoms with Gasteiger partial charge >= 0.3 is 6.18 Å². The average Bonchev–Trinajstić information content (AvgIpc) is 2.75. The van der Waals surface area contributed by atoms with Gasteiger partial charge in [0.25, 0.3) is 0 Å². The Morgan fingerprint density at radius 2 is 1.70 bits per heavy atom. The van der Waals surface area contributed by atoms with Gasteiger partial charge in [0.1, 0.15) is 0 Å². The van der Waals surface area contributed by atoms with E-state index in [9.17, 15) is 13.2 Å². The zero-order chi connectivity index (χ0) is 16.3. The third-order valence-electron chi connectivity index (χ3n) is 3.95. The summed E-state index contributed by atoms with van der Waals surface area (Å²) in [5.74, 6) is 0. The van der Waals surface area contributed by atoms with Crippen molar-refractivity contribution in [2.75, 3.05) is 5.43 Å². The molecule has 2 aromatic rings. The Bertz CT molecular complexity index is 720. The standard InChI is InChI=1S/C18H17F3N2/c19-18(20,21)14-8-5-9-15(12-14)22-23-17-11-4-2-7-13-6-1-3-10-16(13)17/h1,3,5-6,8-10,12,22H,2,4,7,11H2/b23-17-. The van der Waals surface area contributed by atoms with E-state index in [1.807, 2.05) is 18.2 Å². The van der Waals surface area contributed by atoms with E-state index in [0.29, 0.717) is 5.69 Å². The molecule has 1 N–H and O–H groups in total. The number of hydrazone groups is 1. The molecule has 0 atom stereocenters. The van der Waals surface area contributed by atoms with Crippen LogP contribution in [0.25, 0.3) is 0 Å². The predicted octanol–water partition coefficient (Wildman–Crippen LogP) is 5.25. The number of fused-ring (bicyclic) bond motifs is 1. The maximum absolute atomic E-state index is 12.8. The van der Waals surface area contributed by atoms with Crippen molar-refractivity contribution >= 4 is 11.4 Å². The number of hydrogen-bond acceptors (Lipinski definition) is 2. The molecule has 0 saturated heterocycles. The Morgan fingerprint density at radius 3 is 2.52 bits per heavy atom. The lowest BCUT2D eigenvalue weighted by molar-refractivity contribution is -0.137. The van der Waals surface area contributed by atoms with Crippen LogP contribution < -0.4 is 5.43 Å². The number of alkyl halides is 3. The first-order valence-corrected chi connectivity index (χ1v) is 7.62. The highest BCUT2D eigenvalue weighted by Crippen LogP contribution is 2.30. The molecule has 120 valence electrons. The Hall–Kier alpha value is -2.30. The number of aryl methyl sites for hydroxylation is 1. The van der Waals surface area contributed by atoms with Crippen LogP contribution in [0.5, 0.6) is 0 Å². The molecule has 0 amide bonds. The first-order chi connectivity index (χ1) is 11.0. The van der Waals surface area contributed by atoms with Crippen LogP contribution in [0.1, 0.15) is 36.0 Å². The van der Waals surface area contributed by atoms with Crippen LogP contribution in [0.15, 0.2) is 53.6 Å². The number of nitrogens with one attached hydrogen (secondary N) is 1. The quantitative estimate of drug-likeness (QED) is 0.593. The van der Waals surface area contributed by atoms with Crippen LogP contribution in [0, 0.1) is 0 Å². The van der Waals surface area contributed by atoms with Crippen molar-refractivity contribution in [3.05, 3.63) is 65.2 Å². The summed E-state index contributed by atoms with van der Waals surface area (Å²) < 4.78 is 38.3. The van der Waals surface area contributed by atoms with Crippen LogP contribution in [0.3, 0.4) is 0 Å². The zero-order valence-electron chi connectivity index (χ0n) is 12.5. The molecule has 23 heavy (non-hydrogen) atoms. The molecule has 3 rings (SSSR count). The minimum Gasteiger partial charge on any atom is -0.278 e. The molecule has 0 aliphatic heterocycles. The van der Waals surface area contributed by atoms with Crippen molar-refractivity contribution in [2.45, 2.75) is 31.9 Å². The Morgan fingerprint density at radius 1 is 0.913 bits per heavy atom. The molecule has 1 aliphatic carbocycles. The average molecular weight is 318 g/mol. The number of anilines is 1. The van der Waals surface area contributed by atoms with E-state index >= 15 is 0 Å². The van der Waals surface area contributed by atoms with Crippen molar-refractivity contribution in [1.82, 2.24) is 0 Å². The lowest BCUT2D eigenvalue weighted by Gasteiger charge is -2.10. The molecule has 0 fully saturated rings. The molecule has 0 spiro atoms. The Balaban J connectivity index is 1.86. The van der Waals surface area contributed by atoms with Crippen LogP contribution in [0.2, 0.25) is 0 Å². The lowest BCUT2D eigenvalue weighted by atomic mass is 10.0. The lowest BCUT2D eigenvalue weighted by Crippen LogP contribution is -2.07. The molecule has 2 aromatic carbocycles. The van der Waals surface area contributed by atoms with E-state index < -0.39 is 11.7 Å². The van der Waals surface area contributed by atoms with Gasteiger partial charge in [-0.3, -0.25) is 5.43 Å². The van der Waals surface area contributed by atoms with Gasteiger partial charge in [0, 0.05) is 5.56 Å². The molecule has 0 aromatic heterocycles. The third kappa shape index (κ3) is 3.73. The minimum atomic E-state index is -4.35. The highest BCUT2D eigenvalue weighted by Gasteiger charge is 2.30. The zero-order valence-corrected chi connectivity index (χ0v) is 12.5. The smallest absolute Gasteiger partial charge is 0.278 e. The summed E-state index contributed by atoms with van der Waals surface area (Å²) in [5, 5.41) is 4.38. The number of nitrogens with zero attached hydrogens (tertiary/aromatic N) is 1. The van der Waals surface area contributed by atoms with Crippen molar-refractivity contribution in [2.24, 2.45) is 5.10 Å². The van der Waals surface area contributed by atoms with E-state index in [2.05, 4.69) is 16.6 Å². The molecule has 2 nitrogen and oxygen atoms in total. The molecule has 0 heterocycles. The Labute approximate surface area is 133 Å². The second kappa shape index (κ2) is 6.44. The largest absolute Gasteiger partial charge is 0.416 e. The number of halogens is 3. The van der Waals surface area contributed by atoms with Gasteiger partial charge in [0.05, 0.1) is 17.0 Å². The first-order valence-electron chi connectivity index (χ1n) is 7.62.